The van der Waals surface area contributed by atoms with Crippen molar-refractivity contribution in [2.45, 2.75) is 18.6 Å². The Hall–Kier alpha value is -1.50. The highest BCUT2D eigenvalue weighted by Crippen LogP contribution is 2.24. The fourth-order valence-electron chi connectivity index (χ4n) is 1.91. The van der Waals surface area contributed by atoms with Gasteiger partial charge in [-0.2, -0.15) is 0 Å². The summed E-state index contributed by atoms with van der Waals surface area (Å²) in [5.41, 5.74) is 6.62. The van der Waals surface area contributed by atoms with Crippen LogP contribution in [0.5, 0.6) is 0 Å². The molecule has 1 aromatic heterocycles. The van der Waals surface area contributed by atoms with Crippen molar-refractivity contribution in [3.05, 3.63) is 23.9 Å². The highest BCUT2D eigenvalue weighted by atomic mass is 16.3. The molecular formula is C11H15N3O3. The average Bonchev–Trinajstić information content (AvgIpc) is 2.34. The summed E-state index contributed by atoms with van der Waals surface area (Å²) in [6.07, 6.45) is 1.05. The Labute approximate surface area is 98.7 Å². The second-order valence-electron chi connectivity index (χ2n) is 4.08. The summed E-state index contributed by atoms with van der Waals surface area (Å²) < 4.78 is 0. The first-order chi connectivity index (χ1) is 8.13. The number of hydrogen-bond acceptors (Lipinski definition) is 5. The monoisotopic (exact) mass is 237 g/mol. The van der Waals surface area contributed by atoms with E-state index in [1.807, 2.05) is 6.07 Å². The highest BCUT2D eigenvalue weighted by molar-refractivity contribution is 5.99. The summed E-state index contributed by atoms with van der Waals surface area (Å²) in [7, 11) is 0. The Morgan fingerprint density at radius 3 is 3.12 bits per heavy atom. The number of aliphatic hydroxyl groups is 2. The molecular weight excluding hydrogens is 222 g/mol. The van der Waals surface area contributed by atoms with E-state index in [2.05, 4.69) is 4.98 Å². The van der Waals surface area contributed by atoms with E-state index in [1.165, 1.54) is 4.90 Å². The number of fused-ring (bicyclic) bond motifs is 1. The van der Waals surface area contributed by atoms with Gasteiger partial charge in [0.1, 0.15) is 5.82 Å². The van der Waals surface area contributed by atoms with Crippen molar-refractivity contribution in [1.82, 2.24) is 4.98 Å². The lowest BCUT2D eigenvalue weighted by Crippen LogP contribution is -2.52. The fourth-order valence-corrected chi connectivity index (χ4v) is 1.91. The van der Waals surface area contributed by atoms with Gasteiger partial charge < -0.3 is 15.9 Å². The van der Waals surface area contributed by atoms with Gasteiger partial charge in [0.15, 0.2) is 0 Å². The maximum atomic E-state index is 11.9. The van der Waals surface area contributed by atoms with Gasteiger partial charge in [-0.1, -0.05) is 6.07 Å². The normalized spacial score (nSPS) is 21.2. The van der Waals surface area contributed by atoms with Crippen LogP contribution in [-0.4, -0.2) is 46.4 Å². The lowest BCUT2D eigenvalue weighted by atomic mass is 10.0. The number of carbonyl (C=O) groups is 1. The van der Waals surface area contributed by atoms with Gasteiger partial charge in [-0.05, 0) is 11.6 Å². The van der Waals surface area contributed by atoms with Gasteiger partial charge >= 0.3 is 0 Å². The van der Waals surface area contributed by atoms with Crippen molar-refractivity contribution in [2.75, 3.05) is 18.1 Å². The van der Waals surface area contributed by atoms with Crippen molar-refractivity contribution in [3.63, 3.8) is 0 Å². The lowest BCUT2D eigenvalue weighted by Gasteiger charge is -2.32. The molecule has 17 heavy (non-hydrogen) atoms. The largest absolute Gasteiger partial charge is 0.394 e. The van der Waals surface area contributed by atoms with E-state index in [4.69, 9.17) is 10.8 Å². The molecule has 0 aromatic carbocycles. The Kier molecular flexibility index (Phi) is 3.37. The molecule has 6 nitrogen and oxygen atoms in total. The Morgan fingerprint density at radius 2 is 2.41 bits per heavy atom. The molecule has 1 aliphatic heterocycles. The van der Waals surface area contributed by atoms with E-state index >= 15 is 0 Å². The second kappa shape index (κ2) is 4.79. The molecule has 2 atom stereocenters. The van der Waals surface area contributed by atoms with Gasteiger partial charge in [0.05, 0.1) is 25.3 Å². The molecule has 92 valence electrons. The molecule has 0 fully saturated rings. The summed E-state index contributed by atoms with van der Waals surface area (Å²) in [6, 6.07) is 3.02. The van der Waals surface area contributed by atoms with Crippen LogP contribution in [0.4, 0.5) is 5.82 Å². The molecule has 0 aliphatic carbocycles. The zero-order valence-electron chi connectivity index (χ0n) is 9.28. The first-order valence-corrected chi connectivity index (χ1v) is 5.43. The van der Waals surface area contributed by atoms with Crippen LogP contribution in [0.2, 0.25) is 0 Å². The summed E-state index contributed by atoms with van der Waals surface area (Å²) in [4.78, 5) is 17.4. The standard InChI is InChI=1S/C11H15N3O3/c12-9-4-7-2-1-3-13-10(7)14(11(9)17)5-8(16)6-15/h1-3,8-9,15-16H,4-6,12H2/t8-,9?/m1/s1. The zero-order valence-corrected chi connectivity index (χ0v) is 9.28. The number of β-amino-alcohol motifs (C(OH)–C–C–N with tert-alkyl or cyclic N) is 1. The quantitative estimate of drug-likeness (QED) is 0.603. The van der Waals surface area contributed by atoms with Crippen LogP contribution in [0.25, 0.3) is 0 Å². The molecule has 0 bridgehead atoms. The number of nitrogens with zero attached hydrogens (tertiary/aromatic N) is 2. The van der Waals surface area contributed by atoms with Crippen molar-refractivity contribution >= 4 is 11.7 Å². The summed E-state index contributed by atoms with van der Waals surface area (Å²) in [5.74, 6) is 0.246. The molecule has 4 N–H and O–H groups in total. The number of nitrogens with two attached hydrogens (primary N) is 1. The summed E-state index contributed by atoms with van der Waals surface area (Å²) >= 11 is 0. The van der Waals surface area contributed by atoms with Gasteiger partial charge in [-0.3, -0.25) is 9.69 Å². The third kappa shape index (κ3) is 2.28. The molecule has 1 amide bonds. The molecule has 0 saturated heterocycles. The van der Waals surface area contributed by atoms with E-state index in [0.29, 0.717) is 12.2 Å². The van der Waals surface area contributed by atoms with Crippen LogP contribution in [0.15, 0.2) is 18.3 Å². The molecule has 1 unspecified atom stereocenters. The number of rotatable bonds is 3. The smallest absolute Gasteiger partial charge is 0.245 e. The second-order valence-corrected chi connectivity index (χ2v) is 4.08. The van der Waals surface area contributed by atoms with Crippen LogP contribution in [0, 0.1) is 0 Å². The first-order valence-electron chi connectivity index (χ1n) is 5.43. The minimum absolute atomic E-state index is 0.00699. The van der Waals surface area contributed by atoms with Gasteiger partial charge in [0, 0.05) is 12.6 Å². The van der Waals surface area contributed by atoms with Gasteiger partial charge in [-0.25, -0.2) is 4.98 Å². The SMILES string of the molecule is NC1Cc2cccnc2N(C[C@@H](O)CO)C1=O. The number of hydrogen-bond donors (Lipinski definition) is 3. The molecule has 0 spiro atoms. The number of aliphatic hydroxyl groups excluding tert-OH is 2. The number of anilines is 1. The van der Waals surface area contributed by atoms with Crippen LogP contribution in [0.3, 0.4) is 0 Å². The predicted molar refractivity (Wildman–Crippen MR) is 61.4 cm³/mol. The third-order valence-electron chi connectivity index (χ3n) is 2.75. The van der Waals surface area contributed by atoms with Crippen LogP contribution >= 0.6 is 0 Å². The van der Waals surface area contributed by atoms with Crippen molar-refractivity contribution < 1.29 is 15.0 Å². The number of pyridine rings is 1. The van der Waals surface area contributed by atoms with Gasteiger partial charge in [0.2, 0.25) is 5.91 Å². The van der Waals surface area contributed by atoms with E-state index < -0.39 is 18.8 Å². The molecule has 1 aliphatic rings. The molecule has 0 radical (unpaired) electrons. The van der Waals surface area contributed by atoms with E-state index in [1.54, 1.807) is 12.3 Å². The molecule has 6 heteroatoms. The van der Waals surface area contributed by atoms with E-state index in [0.717, 1.165) is 5.56 Å². The number of amides is 1. The lowest BCUT2D eigenvalue weighted by molar-refractivity contribution is -0.120. The van der Waals surface area contributed by atoms with Gasteiger partial charge in [0.25, 0.3) is 0 Å². The Morgan fingerprint density at radius 1 is 1.65 bits per heavy atom. The van der Waals surface area contributed by atoms with Crippen molar-refractivity contribution in [2.24, 2.45) is 5.73 Å². The highest BCUT2D eigenvalue weighted by Gasteiger charge is 2.32. The molecule has 0 saturated carbocycles. The zero-order chi connectivity index (χ0) is 12.4. The Balaban J connectivity index is 2.32. The van der Waals surface area contributed by atoms with Crippen molar-refractivity contribution in [1.29, 1.82) is 0 Å². The Bertz CT molecular complexity index is 424. The molecule has 1 aromatic rings. The number of carbonyl (C=O) groups excluding carboxylic acids is 1. The average molecular weight is 237 g/mol. The van der Waals surface area contributed by atoms with Crippen molar-refractivity contribution in [3.8, 4) is 0 Å². The summed E-state index contributed by atoms with van der Waals surface area (Å²) in [6.45, 7) is -0.395. The van der Waals surface area contributed by atoms with Crippen LogP contribution in [-0.2, 0) is 11.2 Å². The minimum atomic E-state index is -0.987. The summed E-state index contributed by atoms with van der Waals surface area (Å²) in [5, 5.41) is 18.3. The molecule has 2 rings (SSSR count). The van der Waals surface area contributed by atoms with Crippen LogP contribution < -0.4 is 10.6 Å². The van der Waals surface area contributed by atoms with Crippen LogP contribution in [0.1, 0.15) is 5.56 Å². The maximum Gasteiger partial charge on any atom is 0.245 e. The van der Waals surface area contributed by atoms with Gasteiger partial charge in [-0.15, -0.1) is 0 Å². The maximum absolute atomic E-state index is 11.9. The van der Waals surface area contributed by atoms with E-state index in [-0.39, 0.29) is 12.5 Å². The third-order valence-corrected chi connectivity index (χ3v) is 2.75. The number of aromatic nitrogens is 1. The first kappa shape index (κ1) is 12.0. The topological polar surface area (TPSA) is 99.7 Å². The van der Waals surface area contributed by atoms with E-state index in [9.17, 15) is 9.90 Å². The fraction of sp³-hybridized carbons (Fsp3) is 0.455. The molecule has 2 heterocycles. The minimum Gasteiger partial charge on any atom is -0.394 e. The predicted octanol–water partition coefficient (Wildman–Crippen LogP) is -1.35.